The maximum absolute atomic E-state index is 12.2. The number of nitrogens with zero attached hydrogens (tertiary/aromatic N) is 1. The molecule has 0 spiro atoms. The highest BCUT2D eigenvalue weighted by Crippen LogP contribution is 2.13. The molecule has 1 aromatic carbocycles. The average molecular weight is 357 g/mol. The third-order valence-electron chi connectivity index (χ3n) is 3.54. The predicted molar refractivity (Wildman–Crippen MR) is 103 cm³/mol. The van der Waals surface area contributed by atoms with Gasteiger partial charge in [-0.3, -0.25) is 15.1 Å². The second-order valence-electron chi connectivity index (χ2n) is 5.58. The Morgan fingerprint density at radius 1 is 1.20 bits per heavy atom. The van der Waals surface area contributed by atoms with E-state index in [4.69, 9.17) is 17.0 Å². The molecule has 0 unspecified atom stereocenters. The van der Waals surface area contributed by atoms with Gasteiger partial charge in [-0.2, -0.15) is 0 Å². The molecule has 2 rings (SSSR count). The fourth-order valence-electron chi connectivity index (χ4n) is 2.15. The first-order chi connectivity index (χ1) is 12.2. The first kappa shape index (κ1) is 18.9. The van der Waals surface area contributed by atoms with Crippen molar-refractivity contribution in [3.63, 3.8) is 0 Å². The molecule has 25 heavy (non-hydrogen) atoms. The van der Waals surface area contributed by atoms with Crippen molar-refractivity contribution in [3.8, 4) is 5.75 Å². The second-order valence-corrected chi connectivity index (χ2v) is 5.99. The molecule has 0 saturated carbocycles. The van der Waals surface area contributed by atoms with E-state index in [1.165, 1.54) is 0 Å². The molecule has 6 heteroatoms. The van der Waals surface area contributed by atoms with E-state index in [1.54, 1.807) is 36.7 Å². The maximum atomic E-state index is 12.2. The van der Waals surface area contributed by atoms with Gasteiger partial charge in [0, 0.05) is 24.5 Å². The summed E-state index contributed by atoms with van der Waals surface area (Å²) < 4.78 is 5.64. The van der Waals surface area contributed by atoms with Gasteiger partial charge in [-0.15, -0.1) is 0 Å². The van der Waals surface area contributed by atoms with Gasteiger partial charge in [-0.1, -0.05) is 25.8 Å². The molecular formula is C19H23N3O2S. The minimum atomic E-state index is -0.249. The first-order valence-corrected chi connectivity index (χ1v) is 8.81. The Balaban J connectivity index is 1.76. The van der Waals surface area contributed by atoms with Crippen LogP contribution in [0, 0.1) is 0 Å². The van der Waals surface area contributed by atoms with Crippen LogP contribution < -0.4 is 15.4 Å². The largest absolute Gasteiger partial charge is 0.494 e. The number of carbonyl (C=O) groups excluding carboxylic acids is 1. The Hall–Kier alpha value is -2.47. The number of hydrogen-bond donors (Lipinski definition) is 2. The smallest absolute Gasteiger partial charge is 0.257 e. The SMILES string of the molecule is CCCCCOc1ccc(C(=O)NC(=S)NCc2cccnc2)cc1. The van der Waals surface area contributed by atoms with E-state index in [2.05, 4.69) is 22.5 Å². The van der Waals surface area contributed by atoms with Crippen molar-refractivity contribution in [3.05, 3.63) is 59.9 Å². The first-order valence-electron chi connectivity index (χ1n) is 8.40. The van der Waals surface area contributed by atoms with Gasteiger partial charge in [0.25, 0.3) is 5.91 Å². The van der Waals surface area contributed by atoms with E-state index in [1.807, 2.05) is 12.1 Å². The Morgan fingerprint density at radius 3 is 2.68 bits per heavy atom. The van der Waals surface area contributed by atoms with Gasteiger partial charge < -0.3 is 10.1 Å². The zero-order chi connectivity index (χ0) is 17.9. The van der Waals surface area contributed by atoms with Gasteiger partial charge in [0.2, 0.25) is 0 Å². The highest BCUT2D eigenvalue weighted by Gasteiger charge is 2.08. The quantitative estimate of drug-likeness (QED) is 0.560. The van der Waals surface area contributed by atoms with E-state index >= 15 is 0 Å². The van der Waals surface area contributed by atoms with Crippen LogP contribution in [0.3, 0.4) is 0 Å². The van der Waals surface area contributed by atoms with Crippen molar-refractivity contribution in [2.75, 3.05) is 6.61 Å². The van der Waals surface area contributed by atoms with Gasteiger partial charge in [-0.25, -0.2) is 0 Å². The van der Waals surface area contributed by atoms with Gasteiger partial charge in [0.05, 0.1) is 6.61 Å². The zero-order valence-electron chi connectivity index (χ0n) is 14.3. The van der Waals surface area contributed by atoms with Gasteiger partial charge in [0.1, 0.15) is 5.75 Å². The molecule has 2 aromatic rings. The van der Waals surface area contributed by atoms with Gasteiger partial charge in [-0.05, 0) is 54.5 Å². The highest BCUT2D eigenvalue weighted by molar-refractivity contribution is 7.80. The zero-order valence-corrected chi connectivity index (χ0v) is 15.1. The fourth-order valence-corrected chi connectivity index (χ4v) is 2.31. The Bertz CT molecular complexity index is 675. The third-order valence-corrected chi connectivity index (χ3v) is 3.78. The molecule has 0 saturated heterocycles. The van der Waals surface area contributed by atoms with Crippen LogP contribution in [-0.4, -0.2) is 22.6 Å². The number of rotatable bonds is 8. The van der Waals surface area contributed by atoms with Crippen LogP contribution in [0.4, 0.5) is 0 Å². The van der Waals surface area contributed by atoms with Crippen molar-refractivity contribution < 1.29 is 9.53 Å². The molecular weight excluding hydrogens is 334 g/mol. The van der Waals surface area contributed by atoms with E-state index < -0.39 is 0 Å². The monoisotopic (exact) mass is 357 g/mol. The molecule has 0 fully saturated rings. The van der Waals surface area contributed by atoms with Crippen LogP contribution in [-0.2, 0) is 6.54 Å². The van der Waals surface area contributed by atoms with Gasteiger partial charge >= 0.3 is 0 Å². The van der Waals surface area contributed by atoms with E-state index in [0.29, 0.717) is 18.7 Å². The Labute approximate surface area is 153 Å². The van der Waals surface area contributed by atoms with E-state index in [9.17, 15) is 4.79 Å². The number of amides is 1. The summed E-state index contributed by atoms with van der Waals surface area (Å²) in [4.78, 5) is 16.2. The van der Waals surface area contributed by atoms with Crippen LogP contribution in [0.1, 0.15) is 42.1 Å². The molecule has 0 aliphatic heterocycles. The molecule has 1 heterocycles. The number of thiocarbonyl (C=S) groups is 1. The average Bonchev–Trinajstić information content (AvgIpc) is 2.65. The minimum Gasteiger partial charge on any atom is -0.494 e. The molecule has 0 aliphatic carbocycles. The summed E-state index contributed by atoms with van der Waals surface area (Å²) in [5.41, 5.74) is 1.52. The summed E-state index contributed by atoms with van der Waals surface area (Å²) in [6.45, 7) is 3.36. The number of carbonyl (C=O) groups is 1. The minimum absolute atomic E-state index is 0.249. The lowest BCUT2D eigenvalue weighted by Gasteiger charge is -2.10. The van der Waals surface area contributed by atoms with Crippen molar-refractivity contribution in [2.24, 2.45) is 0 Å². The maximum Gasteiger partial charge on any atom is 0.257 e. The Morgan fingerprint density at radius 2 is 2.00 bits per heavy atom. The van der Waals surface area contributed by atoms with Crippen LogP contribution in [0.5, 0.6) is 5.75 Å². The number of unbranched alkanes of at least 4 members (excludes halogenated alkanes) is 2. The number of ether oxygens (including phenoxy) is 1. The molecule has 0 radical (unpaired) electrons. The number of aromatic nitrogens is 1. The predicted octanol–water partition coefficient (Wildman–Crippen LogP) is 3.46. The van der Waals surface area contributed by atoms with Gasteiger partial charge in [0.15, 0.2) is 5.11 Å². The topological polar surface area (TPSA) is 63.2 Å². The molecule has 132 valence electrons. The molecule has 1 amide bonds. The summed E-state index contributed by atoms with van der Waals surface area (Å²) in [5.74, 6) is 0.520. The highest BCUT2D eigenvalue weighted by atomic mass is 32.1. The third kappa shape index (κ3) is 6.89. The summed E-state index contributed by atoms with van der Waals surface area (Å²) in [7, 11) is 0. The second kappa shape index (κ2) is 10.4. The summed E-state index contributed by atoms with van der Waals surface area (Å²) in [5, 5.41) is 5.94. The molecule has 0 bridgehead atoms. The fraction of sp³-hybridized carbons (Fsp3) is 0.316. The molecule has 5 nitrogen and oxygen atoms in total. The standard InChI is InChI=1S/C19H23N3O2S/c1-2-3-4-12-24-17-9-7-16(8-10-17)18(23)22-19(25)21-14-15-6-5-11-20-13-15/h5-11,13H,2-4,12,14H2,1H3,(H2,21,22,23,25). The van der Waals surface area contributed by atoms with Crippen molar-refractivity contribution in [1.82, 2.24) is 15.6 Å². The van der Waals surface area contributed by atoms with Crippen LogP contribution in [0.2, 0.25) is 0 Å². The van der Waals surface area contributed by atoms with E-state index in [-0.39, 0.29) is 11.0 Å². The van der Waals surface area contributed by atoms with Crippen LogP contribution in [0.15, 0.2) is 48.8 Å². The summed E-state index contributed by atoms with van der Waals surface area (Å²) in [6, 6.07) is 10.8. The molecule has 0 atom stereocenters. The van der Waals surface area contributed by atoms with Crippen molar-refractivity contribution >= 4 is 23.2 Å². The lowest BCUT2D eigenvalue weighted by Crippen LogP contribution is -2.38. The number of benzene rings is 1. The molecule has 2 N–H and O–H groups in total. The summed E-state index contributed by atoms with van der Waals surface area (Å²) >= 11 is 5.15. The summed E-state index contributed by atoms with van der Waals surface area (Å²) in [6.07, 6.45) is 6.81. The molecule has 1 aromatic heterocycles. The number of nitrogens with one attached hydrogen (secondary N) is 2. The van der Waals surface area contributed by atoms with Crippen molar-refractivity contribution in [1.29, 1.82) is 0 Å². The Kier molecular flexibility index (Phi) is 7.85. The van der Waals surface area contributed by atoms with Crippen LogP contribution in [0.25, 0.3) is 0 Å². The molecule has 0 aliphatic rings. The number of pyridine rings is 1. The number of hydrogen-bond acceptors (Lipinski definition) is 4. The van der Waals surface area contributed by atoms with Crippen LogP contribution >= 0.6 is 12.2 Å². The lowest BCUT2D eigenvalue weighted by atomic mass is 10.2. The lowest BCUT2D eigenvalue weighted by molar-refractivity contribution is 0.0976. The normalized spacial score (nSPS) is 10.1. The van der Waals surface area contributed by atoms with E-state index in [0.717, 1.165) is 30.6 Å². The van der Waals surface area contributed by atoms with Crippen molar-refractivity contribution in [2.45, 2.75) is 32.7 Å².